The molecule has 1 fully saturated rings. The van der Waals surface area contributed by atoms with Gasteiger partial charge >= 0.3 is 6.09 Å². The highest BCUT2D eigenvalue weighted by molar-refractivity contribution is 5.68. The first kappa shape index (κ1) is 18.5. The van der Waals surface area contributed by atoms with Crippen LogP contribution >= 0.6 is 0 Å². The van der Waals surface area contributed by atoms with Gasteiger partial charge in [0.25, 0.3) is 0 Å². The minimum Gasteiger partial charge on any atom is -0.494 e. The molecule has 0 spiro atoms. The highest BCUT2D eigenvalue weighted by Gasteiger charge is 2.33. The molecule has 1 heterocycles. The van der Waals surface area contributed by atoms with Gasteiger partial charge in [-0.15, -0.1) is 0 Å². The Kier molecular flexibility index (Phi) is 5.70. The molecule has 134 valence electrons. The van der Waals surface area contributed by atoms with Crippen molar-refractivity contribution in [3.05, 3.63) is 29.6 Å². The predicted molar refractivity (Wildman–Crippen MR) is 90.7 cm³/mol. The Morgan fingerprint density at radius 2 is 2.12 bits per heavy atom. The fourth-order valence-electron chi connectivity index (χ4n) is 2.96. The van der Waals surface area contributed by atoms with Gasteiger partial charge in [-0.05, 0) is 52.3 Å². The van der Waals surface area contributed by atoms with Crippen molar-refractivity contribution in [1.29, 1.82) is 0 Å². The van der Waals surface area contributed by atoms with Crippen molar-refractivity contribution >= 4 is 6.09 Å². The molecule has 1 aliphatic rings. The molecule has 6 heteroatoms. The number of hydrogen-bond donors (Lipinski definition) is 1. The minimum absolute atomic E-state index is 0.0547. The van der Waals surface area contributed by atoms with E-state index in [-0.39, 0.29) is 23.9 Å². The van der Waals surface area contributed by atoms with E-state index in [1.54, 1.807) is 11.0 Å². The predicted octanol–water partition coefficient (Wildman–Crippen LogP) is 3.28. The molecule has 24 heavy (non-hydrogen) atoms. The molecular weight excluding hydrogens is 311 g/mol. The zero-order valence-electron chi connectivity index (χ0n) is 14.8. The third-order valence-corrected chi connectivity index (χ3v) is 3.98. The van der Waals surface area contributed by atoms with Gasteiger partial charge in [-0.1, -0.05) is 0 Å². The molecule has 2 atom stereocenters. The minimum atomic E-state index is -0.539. The molecule has 0 bridgehead atoms. The summed E-state index contributed by atoms with van der Waals surface area (Å²) in [4.78, 5) is 13.8. The van der Waals surface area contributed by atoms with Crippen LogP contribution in [0.3, 0.4) is 0 Å². The fraction of sp³-hybridized carbons (Fsp3) is 0.611. The van der Waals surface area contributed by atoms with Crippen molar-refractivity contribution < 1.29 is 18.7 Å². The number of nitrogens with two attached hydrogens (primary N) is 1. The van der Waals surface area contributed by atoms with Crippen molar-refractivity contribution in [2.24, 2.45) is 5.73 Å². The normalized spacial score (nSPS) is 21.5. The van der Waals surface area contributed by atoms with Crippen LogP contribution in [0.15, 0.2) is 18.2 Å². The summed E-state index contributed by atoms with van der Waals surface area (Å²) in [7, 11) is 0. The average Bonchev–Trinajstić information content (AvgIpc) is 2.47. The molecule has 2 rings (SSSR count). The smallest absolute Gasteiger partial charge is 0.410 e. The van der Waals surface area contributed by atoms with Gasteiger partial charge in [0.05, 0.1) is 6.61 Å². The maximum atomic E-state index is 13.7. The van der Waals surface area contributed by atoms with E-state index in [0.717, 1.165) is 5.56 Å². The summed E-state index contributed by atoms with van der Waals surface area (Å²) in [6.07, 6.45) is 0.282. The first-order valence-corrected chi connectivity index (χ1v) is 8.37. The van der Waals surface area contributed by atoms with Crippen LogP contribution in [0.4, 0.5) is 9.18 Å². The molecule has 1 amide bonds. The molecule has 2 N–H and O–H groups in total. The quantitative estimate of drug-likeness (QED) is 0.918. The summed E-state index contributed by atoms with van der Waals surface area (Å²) in [6, 6.07) is 4.21. The van der Waals surface area contributed by atoms with Crippen molar-refractivity contribution in [1.82, 2.24) is 4.90 Å². The lowest BCUT2D eigenvalue weighted by Gasteiger charge is -2.38. The second kappa shape index (κ2) is 7.38. The lowest BCUT2D eigenvalue weighted by Crippen LogP contribution is -2.50. The molecule has 0 aliphatic carbocycles. The number of rotatable bonds is 3. The first-order valence-electron chi connectivity index (χ1n) is 8.37. The van der Waals surface area contributed by atoms with Gasteiger partial charge in [0, 0.05) is 30.6 Å². The molecular formula is C18H27FN2O3. The van der Waals surface area contributed by atoms with Crippen LogP contribution in [0.1, 0.15) is 45.6 Å². The number of hydrogen-bond acceptors (Lipinski definition) is 4. The second-order valence-corrected chi connectivity index (χ2v) is 7.10. The highest BCUT2D eigenvalue weighted by Crippen LogP contribution is 2.34. The van der Waals surface area contributed by atoms with Crippen LogP contribution in [-0.4, -0.2) is 42.3 Å². The summed E-state index contributed by atoms with van der Waals surface area (Å²) in [5.41, 5.74) is 6.52. The van der Waals surface area contributed by atoms with Crippen LogP contribution in [-0.2, 0) is 4.74 Å². The Morgan fingerprint density at radius 1 is 1.42 bits per heavy atom. The van der Waals surface area contributed by atoms with E-state index in [1.807, 2.05) is 27.7 Å². The highest BCUT2D eigenvalue weighted by atomic mass is 19.1. The molecule has 0 radical (unpaired) electrons. The molecule has 1 aliphatic heterocycles. The van der Waals surface area contributed by atoms with Gasteiger partial charge in [0.2, 0.25) is 0 Å². The Bertz CT molecular complexity index is 586. The van der Waals surface area contributed by atoms with Crippen molar-refractivity contribution in [2.75, 3.05) is 19.7 Å². The van der Waals surface area contributed by atoms with Gasteiger partial charge in [0.15, 0.2) is 0 Å². The van der Waals surface area contributed by atoms with E-state index in [0.29, 0.717) is 31.9 Å². The molecule has 1 aromatic carbocycles. The van der Waals surface area contributed by atoms with E-state index in [1.165, 1.54) is 12.1 Å². The molecule has 0 saturated carbocycles. The SMILES string of the molecule is CCOc1ccc(F)cc1[C@@H]1CCN(C(=O)OC(C)(C)C)C[C@@H]1N. The van der Waals surface area contributed by atoms with Crippen LogP contribution < -0.4 is 10.5 Å². The standard InChI is InChI=1S/C18H27FN2O3/c1-5-23-16-7-6-12(19)10-14(16)13-8-9-21(11-15(13)20)17(22)24-18(2,3)4/h6-7,10,13,15H,5,8-9,11,20H2,1-4H3/t13-,15-/m0/s1. The topological polar surface area (TPSA) is 64.8 Å². The van der Waals surface area contributed by atoms with Gasteiger partial charge < -0.3 is 20.1 Å². The maximum absolute atomic E-state index is 13.7. The summed E-state index contributed by atoms with van der Waals surface area (Å²) in [5, 5.41) is 0. The number of carbonyl (C=O) groups is 1. The zero-order chi connectivity index (χ0) is 17.9. The van der Waals surface area contributed by atoms with Crippen LogP contribution in [0.5, 0.6) is 5.75 Å². The number of likely N-dealkylation sites (tertiary alicyclic amines) is 1. The Morgan fingerprint density at radius 3 is 2.71 bits per heavy atom. The number of nitrogens with zero attached hydrogens (tertiary/aromatic N) is 1. The Hall–Kier alpha value is -1.82. The number of amides is 1. The number of halogens is 1. The van der Waals surface area contributed by atoms with E-state index >= 15 is 0 Å². The number of ether oxygens (including phenoxy) is 2. The number of benzene rings is 1. The Labute approximate surface area is 142 Å². The molecule has 1 saturated heterocycles. The lowest BCUT2D eigenvalue weighted by molar-refractivity contribution is 0.0186. The molecule has 0 unspecified atom stereocenters. The van der Waals surface area contributed by atoms with Gasteiger partial charge in [-0.2, -0.15) is 0 Å². The van der Waals surface area contributed by atoms with Crippen molar-refractivity contribution in [3.8, 4) is 5.75 Å². The van der Waals surface area contributed by atoms with Crippen LogP contribution in [0.2, 0.25) is 0 Å². The van der Waals surface area contributed by atoms with E-state index in [9.17, 15) is 9.18 Å². The van der Waals surface area contributed by atoms with Gasteiger partial charge in [-0.3, -0.25) is 0 Å². The summed E-state index contributed by atoms with van der Waals surface area (Å²) >= 11 is 0. The van der Waals surface area contributed by atoms with Crippen LogP contribution in [0.25, 0.3) is 0 Å². The second-order valence-electron chi connectivity index (χ2n) is 7.10. The summed E-state index contributed by atoms with van der Waals surface area (Å²) < 4.78 is 24.7. The van der Waals surface area contributed by atoms with Crippen molar-refractivity contribution in [3.63, 3.8) is 0 Å². The maximum Gasteiger partial charge on any atom is 0.410 e. The number of carbonyl (C=O) groups excluding carboxylic acids is 1. The first-order chi connectivity index (χ1) is 11.2. The Balaban J connectivity index is 2.11. The molecule has 0 aromatic heterocycles. The van der Waals surface area contributed by atoms with E-state index in [2.05, 4.69) is 0 Å². The van der Waals surface area contributed by atoms with Crippen LogP contribution in [0, 0.1) is 5.82 Å². The molecule has 5 nitrogen and oxygen atoms in total. The average molecular weight is 338 g/mol. The lowest BCUT2D eigenvalue weighted by atomic mass is 9.85. The number of piperidine rings is 1. The third-order valence-electron chi connectivity index (χ3n) is 3.98. The molecule has 1 aromatic rings. The summed E-state index contributed by atoms with van der Waals surface area (Å²) in [5.74, 6) is 0.293. The monoisotopic (exact) mass is 338 g/mol. The largest absolute Gasteiger partial charge is 0.494 e. The summed E-state index contributed by atoms with van der Waals surface area (Å²) in [6.45, 7) is 8.79. The third kappa shape index (κ3) is 4.60. The van der Waals surface area contributed by atoms with Gasteiger partial charge in [-0.25, -0.2) is 9.18 Å². The van der Waals surface area contributed by atoms with E-state index in [4.69, 9.17) is 15.2 Å². The zero-order valence-corrected chi connectivity index (χ0v) is 14.8. The fourth-order valence-corrected chi connectivity index (χ4v) is 2.96. The van der Waals surface area contributed by atoms with Crippen molar-refractivity contribution in [2.45, 2.75) is 51.7 Å². The van der Waals surface area contributed by atoms with E-state index < -0.39 is 5.60 Å². The van der Waals surface area contributed by atoms with Gasteiger partial charge in [0.1, 0.15) is 17.2 Å².